The molecule has 0 aliphatic carbocycles. The van der Waals surface area contributed by atoms with Crippen LogP contribution in [0.3, 0.4) is 0 Å². The first-order valence-corrected chi connectivity index (χ1v) is 11.9. The van der Waals surface area contributed by atoms with E-state index in [-0.39, 0.29) is 0 Å². The van der Waals surface area contributed by atoms with Gasteiger partial charge < -0.3 is 9.88 Å². The molecule has 0 amide bonds. The van der Waals surface area contributed by atoms with Gasteiger partial charge in [0.2, 0.25) is 0 Å². The van der Waals surface area contributed by atoms with E-state index in [4.69, 9.17) is 4.98 Å². The van der Waals surface area contributed by atoms with Crippen molar-refractivity contribution in [2.45, 2.75) is 25.3 Å². The molecule has 0 radical (unpaired) electrons. The Labute approximate surface area is 198 Å². The average molecular weight is 447 g/mol. The Morgan fingerprint density at radius 3 is 2.68 bits per heavy atom. The molecule has 0 spiro atoms. The van der Waals surface area contributed by atoms with E-state index in [1.54, 1.807) is 0 Å². The molecule has 5 aromatic rings. The molecule has 1 atom stereocenters. The molecular weight excluding hydrogens is 420 g/mol. The summed E-state index contributed by atoms with van der Waals surface area (Å²) in [5, 5.41) is 19.5. The lowest BCUT2D eigenvalue weighted by atomic mass is 9.95. The van der Waals surface area contributed by atoms with Crippen molar-refractivity contribution in [3.63, 3.8) is 0 Å². The molecule has 1 aliphatic rings. The molecule has 0 bridgehead atoms. The van der Waals surface area contributed by atoms with Crippen LogP contribution in [-0.4, -0.2) is 32.4 Å². The van der Waals surface area contributed by atoms with Crippen LogP contribution < -0.4 is 5.32 Å². The SMILES string of the molecule is Cn1ncc2cc(-c3ncc4c(ccn4C4CCCNCC4)c3-c3ccc(C#N)cc3)ccc21. The van der Waals surface area contributed by atoms with Gasteiger partial charge in [0.05, 0.1) is 40.8 Å². The molecular formula is C28H26N6. The lowest BCUT2D eigenvalue weighted by Crippen LogP contribution is -2.15. The van der Waals surface area contributed by atoms with Gasteiger partial charge in [0, 0.05) is 41.2 Å². The zero-order valence-electron chi connectivity index (χ0n) is 19.2. The highest BCUT2D eigenvalue weighted by atomic mass is 15.2. The minimum atomic E-state index is 0.473. The van der Waals surface area contributed by atoms with Crippen molar-refractivity contribution in [3.05, 3.63) is 72.7 Å². The van der Waals surface area contributed by atoms with E-state index < -0.39 is 0 Å². The van der Waals surface area contributed by atoms with E-state index in [0.717, 1.165) is 58.3 Å². The minimum absolute atomic E-state index is 0.473. The van der Waals surface area contributed by atoms with Crippen molar-refractivity contribution in [3.8, 4) is 28.5 Å². The molecule has 6 heteroatoms. The fourth-order valence-electron chi connectivity index (χ4n) is 5.26. The summed E-state index contributed by atoms with van der Waals surface area (Å²) in [7, 11) is 1.96. The van der Waals surface area contributed by atoms with Gasteiger partial charge in [-0.1, -0.05) is 18.2 Å². The summed E-state index contributed by atoms with van der Waals surface area (Å²) in [6.07, 6.45) is 9.63. The predicted octanol–water partition coefficient (Wildman–Crippen LogP) is 5.44. The van der Waals surface area contributed by atoms with Crippen LogP contribution in [0.4, 0.5) is 0 Å². The summed E-state index contributed by atoms with van der Waals surface area (Å²) < 4.78 is 4.30. The van der Waals surface area contributed by atoms with Crippen molar-refractivity contribution in [1.29, 1.82) is 5.26 Å². The number of nitriles is 1. The van der Waals surface area contributed by atoms with Gasteiger partial charge in [-0.2, -0.15) is 10.4 Å². The summed E-state index contributed by atoms with van der Waals surface area (Å²) in [6, 6.07) is 19.2. The highest BCUT2D eigenvalue weighted by Gasteiger charge is 2.20. The Morgan fingerprint density at radius 2 is 1.82 bits per heavy atom. The largest absolute Gasteiger partial charge is 0.343 e. The van der Waals surface area contributed by atoms with Crippen LogP contribution in [0.15, 0.2) is 67.1 Å². The van der Waals surface area contributed by atoms with Crippen LogP contribution in [-0.2, 0) is 7.05 Å². The number of hydrogen-bond acceptors (Lipinski definition) is 4. The Kier molecular flexibility index (Phi) is 5.12. The van der Waals surface area contributed by atoms with Gasteiger partial charge in [-0.25, -0.2) is 0 Å². The Balaban J connectivity index is 1.56. The summed E-state index contributed by atoms with van der Waals surface area (Å²) >= 11 is 0. The number of pyridine rings is 1. The normalized spacial score (nSPS) is 16.5. The molecule has 3 aromatic heterocycles. The van der Waals surface area contributed by atoms with Gasteiger partial charge >= 0.3 is 0 Å². The quantitative estimate of drug-likeness (QED) is 0.400. The second-order valence-electron chi connectivity index (χ2n) is 9.07. The number of benzene rings is 2. The van der Waals surface area contributed by atoms with Crippen LogP contribution >= 0.6 is 0 Å². The van der Waals surface area contributed by atoms with Crippen LogP contribution in [0.1, 0.15) is 30.9 Å². The molecule has 0 saturated carbocycles. The van der Waals surface area contributed by atoms with Crippen LogP contribution in [0.5, 0.6) is 0 Å². The molecule has 4 heterocycles. The Bertz CT molecular complexity index is 1530. The molecule has 168 valence electrons. The highest BCUT2D eigenvalue weighted by Crippen LogP contribution is 2.39. The maximum atomic E-state index is 9.30. The first-order chi connectivity index (χ1) is 16.7. The monoisotopic (exact) mass is 446 g/mol. The molecule has 1 N–H and O–H groups in total. The highest BCUT2D eigenvalue weighted by molar-refractivity contribution is 6.02. The minimum Gasteiger partial charge on any atom is -0.343 e. The van der Waals surface area contributed by atoms with Crippen molar-refractivity contribution < 1.29 is 0 Å². The van der Waals surface area contributed by atoms with Gasteiger partial charge in [-0.3, -0.25) is 9.67 Å². The third kappa shape index (κ3) is 3.46. The van der Waals surface area contributed by atoms with E-state index in [1.807, 2.05) is 48.4 Å². The molecule has 34 heavy (non-hydrogen) atoms. The predicted molar refractivity (Wildman–Crippen MR) is 135 cm³/mol. The summed E-state index contributed by atoms with van der Waals surface area (Å²) in [4.78, 5) is 5.03. The van der Waals surface area contributed by atoms with Crippen molar-refractivity contribution in [2.75, 3.05) is 13.1 Å². The van der Waals surface area contributed by atoms with Gasteiger partial charge in [0.25, 0.3) is 0 Å². The number of rotatable bonds is 3. The molecule has 6 nitrogen and oxygen atoms in total. The maximum Gasteiger partial charge on any atom is 0.0991 e. The molecule has 1 aliphatic heterocycles. The lowest BCUT2D eigenvalue weighted by Gasteiger charge is -2.18. The molecule has 1 saturated heterocycles. The fraction of sp³-hybridized carbons (Fsp3) is 0.250. The average Bonchev–Trinajstić information content (AvgIpc) is 3.36. The second kappa shape index (κ2) is 8.44. The molecule has 2 aromatic carbocycles. The van der Waals surface area contributed by atoms with Crippen LogP contribution in [0.2, 0.25) is 0 Å². The summed E-state index contributed by atoms with van der Waals surface area (Å²) in [5.41, 5.74) is 7.10. The van der Waals surface area contributed by atoms with E-state index in [0.29, 0.717) is 11.6 Å². The fourth-order valence-corrected chi connectivity index (χ4v) is 5.26. The van der Waals surface area contributed by atoms with Crippen LogP contribution in [0.25, 0.3) is 44.2 Å². The van der Waals surface area contributed by atoms with E-state index in [2.05, 4.69) is 51.5 Å². The van der Waals surface area contributed by atoms with E-state index >= 15 is 0 Å². The Hall–Kier alpha value is -3.95. The smallest absolute Gasteiger partial charge is 0.0991 e. The topological polar surface area (TPSA) is 71.5 Å². The molecule has 1 unspecified atom stereocenters. The van der Waals surface area contributed by atoms with Gasteiger partial charge in [-0.15, -0.1) is 0 Å². The standard InChI is InChI=1S/C28H26N6/c1-33-25-9-8-21(15-22(25)17-32-33)28-27(20-6-4-19(16-29)5-7-20)24-11-14-34(26(24)18-31-28)23-3-2-12-30-13-10-23/h4-9,11,14-15,17-18,23,30H,2-3,10,12-13H2,1H3. The van der Waals surface area contributed by atoms with Crippen molar-refractivity contribution in [2.24, 2.45) is 7.05 Å². The first-order valence-electron chi connectivity index (χ1n) is 11.9. The van der Waals surface area contributed by atoms with Gasteiger partial charge in [-0.05, 0) is 68.2 Å². The Morgan fingerprint density at radius 1 is 0.971 bits per heavy atom. The van der Waals surface area contributed by atoms with Crippen molar-refractivity contribution in [1.82, 2.24) is 24.6 Å². The molecule has 6 rings (SSSR count). The number of nitrogens with zero attached hydrogens (tertiary/aromatic N) is 5. The second-order valence-corrected chi connectivity index (χ2v) is 9.07. The lowest BCUT2D eigenvalue weighted by molar-refractivity contribution is 0.467. The third-order valence-corrected chi connectivity index (χ3v) is 7.04. The first kappa shape index (κ1) is 20.6. The van der Waals surface area contributed by atoms with E-state index in [1.165, 1.54) is 18.2 Å². The maximum absolute atomic E-state index is 9.30. The summed E-state index contributed by atoms with van der Waals surface area (Å²) in [5.74, 6) is 0. The summed E-state index contributed by atoms with van der Waals surface area (Å²) in [6.45, 7) is 2.13. The van der Waals surface area contributed by atoms with Gasteiger partial charge in [0.1, 0.15) is 0 Å². The number of aryl methyl sites for hydroxylation is 1. The van der Waals surface area contributed by atoms with Crippen molar-refractivity contribution >= 4 is 21.8 Å². The number of hydrogen-bond donors (Lipinski definition) is 1. The number of aromatic nitrogens is 4. The van der Waals surface area contributed by atoms with Crippen LogP contribution in [0, 0.1) is 11.3 Å². The third-order valence-electron chi connectivity index (χ3n) is 7.04. The zero-order chi connectivity index (χ0) is 23.1. The molecule has 1 fully saturated rings. The van der Waals surface area contributed by atoms with E-state index in [9.17, 15) is 5.26 Å². The zero-order valence-corrected chi connectivity index (χ0v) is 19.2. The van der Waals surface area contributed by atoms with Gasteiger partial charge in [0.15, 0.2) is 0 Å². The number of fused-ring (bicyclic) bond motifs is 2. The number of nitrogens with one attached hydrogen (secondary N) is 1.